The summed E-state index contributed by atoms with van der Waals surface area (Å²) < 4.78 is 5.74. The second-order valence-corrected chi connectivity index (χ2v) is 5.46. The summed E-state index contributed by atoms with van der Waals surface area (Å²) >= 11 is 0. The maximum absolute atomic E-state index is 11.9. The Balaban J connectivity index is 1.81. The van der Waals surface area contributed by atoms with Crippen LogP contribution < -0.4 is 15.4 Å². The smallest absolute Gasteiger partial charge is 0.237 e. The van der Waals surface area contributed by atoms with Gasteiger partial charge in [-0.3, -0.25) is 10.1 Å². The summed E-state index contributed by atoms with van der Waals surface area (Å²) in [5.74, 6) is 1.43. The molecule has 1 aromatic rings. The Hall–Kier alpha value is -1.55. The van der Waals surface area contributed by atoms with Crippen LogP contribution in [0.1, 0.15) is 31.4 Å². The highest BCUT2D eigenvalue weighted by atomic mass is 16.5. The van der Waals surface area contributed by atoms with Crippen molar-refractivity contribution >= 4 is 5.91 Å². The second kappa shape index (κ2) is 5.21. The normalized spacial score (nSPS) is 30.2. The molecule has 0 spiro atoms. The lowest BCUT2D eigenvalue weighted by Gasteiger charge is -2.35. The summed E-state index contributed by atoms with van der Waals surface area (Å²) in [6.07, 6.45) is 1.96. The Labute approximate surface area is 113 Å². The van der Waals surface area contributed by atoms with Gasteiger partial charge in [-0.15, -0.1) is 0 Å². The molecule has 1 fully saturated rings. The summed E-state index contributed by atoms with van der Waals surface area (Å²) in [6.45, 7) is 3.66. The van der Waals surface area contributed by atoms with Gasteiger partial charge < -0.3 is 10.1 Å². The zero-order chi connectivity index (χ0) is 13.2. The highest BCUT2D eigenvalue weighted by Crippen LogP contribution is 2.35. The fourth-order valence-corrected chi connectivity index (χ4v) is 2.89. The third kappa shape index (κ3) is 2.45. The number of hydrogen-bond donors (Lipinski definition) is 2. The van der Waals surface area contributed by atoms with Crippen molar-refractivity contribution in [2.24, 2.45) is 5.92 Å². The van der Waals surface area contributed by atoms with E-state index in [2.05, 4.69) is 23.6 Å². The first kappa shape index (κ1) is 12.5. The molecule has 0 bridgehead atoms. The average molecular weight is 260 g/mol. The van der Waals surface area contributed by atoms with Gasteiger partial charge in [0.05, 0.1) is 12.6 Å². The topological polar surface area (TPSA) is 50.4 Å². The van der Waals surface area contributed by atoms with E-state index in [0.717, 1.165) is 25.1 Å². The molecule has 2 aliphatic rings. The van der Waals surface area contributed by atoms with E-state index in [-0.39, 0.29) is 18.0 Å². The van der Waals surface area contributed by atoms with E-state index in [1.165, 1.54) is 5.56 Å². The Morgan fingerprint density at radius 1 is 1.37 bits per heavy atom. The first-order chi connectivity index (χ1) is 9.25. The number of amides is 1. The Bertz CT molecular complexity index is 475. The predicted molar refractivity (Wildman–Crippen MR) is 73.0 cm³/mol. The fraction of sp³-hybridized carbons (Fsp3) is 0.533. The van der Waals surface area contributed by atoms with E-state index >= 15 is 0 Å². The highest BCUT2D eigenvalue weighted by molar-refractivity contribution is 5.82. The lowest BCUT2D eigenvalue weighted by atomic mass is 9.90. The molecule has 0 aromatic heterocycles. The van der Waals surface area contributed by atoms with E-state index < -0.39 is 0 Å². The largest absolute Gasteiger partial charge is 0.493 e. The van der Waals surface area contributed by atoms with E-state index in [9.17, 15) is 4.79 Å². The molecule has 102 valence electrons. The van der Waals surface area contributed by atoms with E-state index in [1.807, 2.05) is 18.2 Å². The Morgan fingerprint density at radius 2 is 2.21 bits per heavy atom. The molecule has 1 amide bonds. The van der Waals surface area contributed by atoms with Crippen LogP contribution in [0.3, 0.4) is 0 Å². The number of ether oxygens (including phenoxy) is 1. The maximum atomic E-state index is 11.9. The molecule has 2 aliphatic heterocycles. The van der Waals surface area contributed by atoms with Crippen molar-refractivity contribution in [1.29, 1.82) is 0 Å². The SMILES string of the molecule is CC1COc2ccccc2C1NC1CCCNC1=O. The van der Waals surface area contributed by atoms with Crippen molar-refractivity contribution in [1.82, 2.24) is 10.6 Å². The number of carbonyl (C=O) groups excluding carboxylic acids is 1. The number of piperidine rings is 1. The number of hydrogen-bond acceptors (Lipinski definition) is 3. The third-order valence-corrected chi connectivity index (χ3v) is 3.99. The molecule has 3 atom stereocenters. The minimum Gasteiger partial charge on any atom is -0.493 e. The molecule has 1 aromatic carbocycles. The fourth-order valence-electron chi connectivity index (χ4n) is 2.89. The summed E-state index contributed by atoms with van der Waals surface area (Å²) in [5, 5.41) is 6.45. The zero-order valence-corrected chi connectivity index (χ0v) is 11.2. The van der Waals surface area contributed by atoms with Gasteiger partial charge in [-0.2, -0.15) is 0 Å². The zero-order valence-electron chi connectivity index (χ0n) is 11.2. The number of carbonyl (C=O) groups is 1. The molecular formula is C15H20N2O2. The van der Waals surface area contributed by atoms with Gasteiger partial charge >= 0.3 is 0 Å². The molecule has 1 saturated heterocycles. The number of nitrogens with one attached hydrogen (secondary N) is 2. The van der Waals surface area contributed by atoms with Crippen LogP contribution in [-0.4, -0.2) is 25.1 Å². The van der Waals surface area contributed by atoms with Crippen molar-refractivity contribution in [3.8, 4) is 5.75 Å². The van der Waals surface area contributed by atoms with Gasteiger partial charge in [-0.05, 0) is 18.9 Å². The van der Waals surface area contributed by atoms with Gasteiger partial charge in [-0.1, -0.05) is 25.1 Å². The molecule has 2 heterocycles. The third-order valence-electron chi connectivity index (χ3n) is 3.99. The van der Waals surface area contributed by atoms with E-state index in [4.69, 9.17) is 4.74 Å². The number of fused-ring (bicyclic) bond motifs is 1. The van der Waals surface area contributed by atoms with E-state index in [1.54, 1.807) is 0 Å². The Kier molecular flexibility index (Phi) is 3.42. The first-order valence-corrected chi connectivity index (χ1v) is 7.01. The van der Waals surface area contributed by atoms with Crippen LogP contribution in [0.4, 0.5) is 0 Å². The number of benzene rings is 1. The van der Waals surface area contributed by atoms with Crippen molar-refractivity contribution in [2.45, 2.75) is 31.8 Å². The summed E-state index contributed by atoms with van der Waals surface area (Å²) in [7, 11) is 0. The van der Waals surface area contributed by atoms with Gasteiger partial charge in [0.1, 0.15) is 5.75 Å². The van der Waals surface area contributed by atoms with Crippen molar-refractivity contribution in [2.75, 3.05) is 13.2 Å². The van der Waals surface area contributed by atoms with Crippen LogP contribution >= 0.6 is 0 Å². The van der Waals surface area contributed by atoms with Gasteiger partial charge in [0.2, 0.25) is 5.91 Å². The van der Waals surface area contributed by atoms with Crippen molar-refractivity contribution in [3.05, 3.63) is 29.8 Å². The van der Waals surface area contributed by atoms with Crippen LogP contribution in [0.15, 0.2) is 24.3 Å². The number of para-hydroxylation sites is 1. The molecule has 0 radical (unpaired) electrons. The summed E-state index contributed by atoms with van der Waals surface area (Å²) in [5.41, 5.74) is 1.17. The van der Waals surface area contributed by atoms with E-state index in [0.29, 0.717) is 12.5 Å². The molecule has 2 N–H and O–H groups in total. The van der Waals surface area contributed by atoms with Gasteiger partial charge in [-0.25, -0.2) is 0 Å². The molecular weight excluding hydrogens is 240 g/mol. The van der Waals surface area contributed by atoms with Crippen molar-refractivity contribution in [3.63, 3.8) is 0 Å². The van der Waals surface area contributed by atoms with Crippen LogP contribution in [0.5, 0.6) is 5.75 Å². The van der Waals surface area contributed by atoms with Gasteiger partial charge in [0.15, 0.2) is 0 Å². The summed E-state index contributed by atoms with van der Waals surface area (Å²) in [4.78, 5) is 11.9. The van der Waals surface area contributed by atoms with Gasteiger partial charge in [0, 0.05) is 24.1 Å². The van der Waals surface area contributed by atoms with Crippen LogP contribution in [0, 0.1) is 5.92 Å². The lowest BCUT2D eigenvalue weighted by Crippen LogP contribution is -2.51. The maximum Gasteiger partial charge on any atom is 0.237 e. The molecule has 3 unspecified atom stereocenters. The Morgan fingerprint density at radius 3 is 3.05 bits per heavy atom. The average Bonchev–Trinajstić information content (AvgIpc) is 2.44. The molecule has 4 nitrogen and oxygen atoms in total. The number of rotatable bonds is 2. The predicted octanol–water partition coefficient (Wildman–Crippen LogP) is 1.62. The quantitative estimate of drug-likeness (QED) is 0.849. The second-order valence-electron chi connectivity index (χ2n) is 5.46. The minimum atomic E-state index is -0.0765. The van der Waals surface area contributed by atoms with Gasteiger partial charge in [0.25, 0.3) is 0 Å². The van der Waals surface area contributed by atoms with Crippen molar-refractivity contribution < 1.29 is 9.53 Å². The molecule has 19 heavy (non-hydrogen) atoms. The van der Waals surface area contributed by atoms with Crippen LogP contribution in [0.25, 0.3) is 0 Å². The molecule has 4 heteroatoms. The molecule has 0 aliphatic carbocycles. The standard InChI is InChI=1S/C15H20N2O2/c1-10-9-19-13-7-3-2-5-11(13)14(10)17-12-6-4-8-16-15(12)18/h2-3,5,7,10,12,14,17H,4,6,8-9H2,1H3,(H,16,18). The first-order valence-electron chi connectivity index (χ1n) is 7.01. The lowest BCUT2D eigenvalue weighted by molar-refractivity contribution is -0.124. The summed E-state index contributed by atoms with van der Waals surface area (Å²) in [6, 6.07) is 8.21. The molecule has 3 rings (SSSR count). The highest BCUT2D eigenvalue weighted by Gasteiger charge is 2.32. The minimum absolute atomic E-state index is 0.0765. The monoisotopic (exact) mass is 260 g/mol. The van der Waals surface area contributed by atoms with Crippen LogP contribution in [-0.2, 0) is 4.79 Å². The van der Waals surface area contributed by atoms with Crippen LogP contribution in [0.2, 0.25) is 0 Å². The molecule has 0 saturated carbocycles.